The van der Waals surface area contributed by atoms with Crippen LogP contribution >= 0.6 is 11.6 Å². The number of ether oxygens (including phenoxy) is 1. The lowest BCUT2D eigenvalue weighted by molar-refractivity contribution is -0.239. The maximum absolute atomic E-state index is 11.2. The molecule has 5 atom stereocenters. The van der Waals surface area contributed by atoms with Crippen molar-refractivity contribution in [2.75, 3.05) is 6.61 Å². The van der Waals surface area contributed by atoms with Gasteiger partial charge < -0.3 is 25.2 Å². The highest BCUT2D eigenvalue weighted by Crippen LogP contribution is 2.30. The molecule has 8 nitrogen and oxygen atoms in total. The van der Waals surface area contributed by atoms with Gasteiger partial charge in [0.2, 0.25) is 0 Å². The number of hydrogen-bond acceptors (Lipinski definition) is 7. The van der Waals surface area contributed by atoms with E-state index in [0.29, 0.717) is 22.0 Å². The molecule has 1 aliphatic rings. The van der Waals surface area contributed by atoms with E-state index < -0.39 is 36.6 Å². The smallest absolute Gasteiger partial charge is 0.191 e. The zero-order chi connectivity index (χ0) is 23.4. The molecular formula is C24H20ClN3O5. The Labute approximate surface area is 195 Å². The molecule has 0 amide bonds. The molecule has 9 heteroatoms. The third kappa shape index (κ3) is 4.77. The molecular weight excluding hydrogens is 446 g/mol. The van der Waals surface area contributed by atoms with E-state index in [-0.39, 0.29) is 0 Å². The van der Waals surface area contributed by atoms with Gasteiger partial charge in [-0.25, -0.2) is 9.67 Å². The Morgan fingerprint density at radius 1 is 1.09 bits per heavy atom. The van der Waals surface area contributed by atoms with Crippen LogP contribution in [0.1, 0.15) is 11.1 Å². The lowest BCUT2D eigenvalue weighted by Crippen LogP contribution is -2.65. The largest absolute Gasteiger partial charge is 0.394 e. The number of aliphatic hydroxyl groups excluding tert-OH is 3. The Morgan fingerprint density at radius 2 is 1.88 bits per heavy atom. The number of benzene rings is 1. The van der Waals surface area contributed by atoms with Crippen LogP contribution in [0.25, 0.3) is 5.82 Å². The van der Waals surface area contributed by atoms with Crippen LogP contribution in [0, 0.1) is 23.7 Å². The lowest BCUT2D eigenvalue weighted by Gasteiger charge is -2.43. The molecule has 0 radical (unpaired) electrons. The van der Waals surface area contributed by atoms with Gasteiger partial charge in [-0.15, -0.1) is 0 Å². The maximum Gasteiger partial charge on any atom is 0.191 e. The average molecular weight is 466 g/mol. The van der Waals surface area contributed by atoms with Gasteiger partial charge in [0.05, 0.1) is 23.4 Å². The Bertz CT molecular complexity index is 1240. The van der Waals surface area contributed by atoms with E-state index >= 15 is 0 Å². The van der Waals surface area contributed by atoms with Crippen molar-refractivity contribution in [3.63, 3.8) is 0 Å². The van der Waals surface area contributed by atoms with E-state index in [1.807, 2.05) is 6.07 Å². The summed E-state index contributed by atoms with van der Waals surface area (Å²) in [5, 5.41) is 46.2. The Balaban J connectivity index is 1.67. The van der Waals surface area contributed by atoms with E-state index in [0.717, 1.165) is 0 Å². The van der Waals surface area contributed by atoms with Gasteiger partial charge in [0, 0.05) is 18.0 Å². The molecule has 4 N–H and O–H groups in total. The molecule has 1 aromatic carbocycles. The van der Waals surface area contributed by atoms with Gasteiger partial charge in [-0.05, 0) is 24.3 Å². The summed E-state index contributed by atoms with van der Waals surface area (Å²) in [6.45, 7) is -0.575. The lowest BCUT2D eigenvalue weighted by atomic mass is 9.82. The molecule has 0 unspecified atom stereocenters. The first-order valence-corrected chi connectivity index (χ1v) is 10.4. The predicted octanol–water partition coefficient (Wildman–Crippen LogP) is 0.536. The number of halogens is 1. The Morgan fingerprint density at radius 3 is 2.61 bits per heavy atom. The summed E-state index contributed by atoms with van der Waals surface area (Å²) in [6, 6.07) is 12.2. The number of rotatable bonds is 2. The van der Waals surface area contributed by atoms with Crippen LogP contribution in [0.15, 0.2) is 61.1 Å². The first kappa shape index (κ1) is 23.0. The number of aliphatic hydroxyl groups is 4. The summed E-state index contributed by atoms with van der Waals surface area (Å²) in [7, 11) is 0. The van der Waals surface area contributed by atoms with Crippen LogP contribution in [0.2, 0.25) is 5.02 Å². The van der Waals surface area contributed by atoms with Gasteiger partial charge in [0.1, 0.15) is 18.3 Å². The van der Waals surface area contributed by atoms with Crippen molar-refractivity contribution >= 4 is 11.6 Å². The zero-order valence-electron chi connectivity index (χ0n) is 17.2. The quantitative estimate of drug-likeness (QED) is 0.407. The number of nitrogens with zero attached hydrogens (tertiary/aromatic N) is 3. The monoisotopic (exact) mass is 465 g/mol. The third-order valence-corrected chi connectivity index (χ3v) is 5.41. The fraction of sp³-hybridized carbons (Fsp3) is 0.250. The summed E-state index contributed by atoms with van der Waals surface area (Å²) >= 11 is 6.15. The highest BCUT2D eigenvalue weighted by atomic mass is 35.5. The molecule has 0 saturated carbocycles. The summed E-state index contributed by atoms with van der Waals surface area (Å²) < 4.78 is 7.06. The number of aromatic nitrogens is 3. The molecule has 2 aromatic heterocycles. The van der Waals surface area contributed by atoms with Crippen LogP contribution in [0.5, 0.6) is 0 Å². The van der Waals surface area contributed by atoms with Crippen LogP contribution in [-0.4, -0.2) is 71.8 Å². The fourth-order valence-corrected chi connectivity index (χ4v) is 3.51. The molecule has 1 saturated heterocycles. The summed E-state index contributed by atoms with van der Waals surface area (Å²) in [5.41, 5.74) is -1.16. The van der Waals surface area contributed by atoms with Crippen molar-refractivity contribution in [1.29, 1.82) is 0 Å². The van der Waals surface area contributed by atoms with Gasteiger partial charge in [-0.2, -0.15) is 5.10 Å². The van der Waals surface area contributed by atoms with Crippen molar-refractivity contribution < 1.29 is 25.2 Å². The Hall–Kier alpha value is -3.21. The Kier molecular flexibility index (Phi) is 6.77. The van der Waals surface area contributed by atoms with Crippen molar-refractivity contribution in [1.82, 2.24) is 14.8 Å². The van der Waals surface area contributed by atoms with Crippen LogP contribution in [-0.2, 0) is 4.74 Å². The van der Waals surface area contributed by atoms with Crippen LogP contribution in [0.3, 0.4) is 0 Å². The van der Waals surface area contributed by atoms with Gasteiger partial charge in [-0.3, -0.25) is 0 Å². The first-order chi connectivity index (χ1) is 15.9. The van der Waals surface area contributed by atoms with Gasteiger partial charge in [-0.1, -0.05) is 53.5 Å². The molecule has 1 fully saturated rings. The average Bonchev–Trinajstić information content (AvgIpc) is 3.31. The molecule has 168 valence electrons. The second-order valence-electron chi connectivity index (χ2n) is 7.37. The zero-order valence-corrected chi connectivity index (χ0v) is 18.0. The summed E-state index contributed by atoms with van der Waals surface area (Å²) in [6.07, 6.45) is -1.11. The predicted molar refractivity (Wildman–Crippen MR) is 119 cm³/mol. The molecule has 0 aliphatic carbocycles. The van der Waals surface area contributed by atoms with Gasteiger partial charge >= 0.3 is 0 Å². The summed E-state index contributed by atoms with van der Waals surface area (Å²) in [4.78, 5) is 4.18. The van der Waals surface area contributed by atoms with Crippen LogP contribution < -0.4 is 0 Å². The molecule has 33 heavy (non-hydrogen) atoms. The molecule has 3 heterocycles. The van der Waals surface area contributed by atoms with Crippen molar-refractivity contribution in [3.05, 3.63) is 77.2 Å². The summed E-state index contributed by atoms with van der Waals surface area (Å²) in [5.74, 6) is 11.4. The first-order valence-electron chi connectivity index (χ1n) is 10.0. The molecule has 4 rings (SSSR count). The normalized spacial score (nSPS) is 26.6. The van der Waals surface area contributed by atoms with E-state index in [1.54, 1.807) is 48.8 Å². The van der Waals surface area contributed by atoms with Crippen LogP contribution in [0.4, 0.5) is 0 Å². The van der Waals surface area contributed by atoms with Crippen molar-refractivity contribution in [3.8, 4) is 29.5 Å². The van der Waals surface area contributed by atoms with Gasteiger partial charge in [0.15, 0.2) is 17.5 Å². The second-order valence-corrected chi connectivity index (χ2v) is 7.77. The van der Waals surface area contributed by atoms with Crippen molar-refractivity contribution in [2.24, 2.45) is 0 Å². The van der Waals surface area contributed by atoms with E-state index in [9.17, 15) is 20.4 Å². The van der Waals surface area contributed by atoms with E-state index in [4.69, 9.17) is 16.3 Å². The molecule has 0 bridgehead atoms. The third-order valence-electron chi connectivity index (χ3n) is 5.11. The number of pyridine rings is 1. The molecule has 0 spiro atoms. The number of hydrogen-bond donors (Lipinski definition) is 4. The minimum Gasteiger partial charge on any atom is -0.394 e. The molecule has 3 aromatic rings. The van der Waals surface area contributed by atoms with E-state index in [2.05, 4.69) is 33.8 Å². The molecule has 1 aliphatic heterocycles. The fourth-order valence-electron chi connectivity index (χ4n) is 3.30. The van der Waals surface area contributed by atoms with Crippen molar-refractivity contribution in [2.45, 2.75) is 30.0 Å². The minimum absolute atomic E-state index is 0.407. The highest BCUT2D eigenvalue weighted by Gasteiger charge is 2.53. The topological polar surface area (TPSA) is 121 Å². The van der Waals surface area contributed by atoms with Gasteiger partial charge in [0.25, 0.3) is 0 Å². The maximum atomic E-state index is 11.2. The SMILES string of the molecule is OC[C@H]1O[C@H](C#Cc2cnn(-c3ncccc3Cl)c2)[C@](O)(C#Cc2ccccc2)[C@@H](O)[C@@H]1O. The highest BCUT2D eigenvalue weighted by molar-refractivity contribution is 6.32. The second kappa shape index (κ2) is 9.74. The standard InChI is InChI=1S/C24H20ClN3O5/c25-18-7-4-12-26-23(18)28-14-17(13-27-28)8-9-20-24(32,11-10-16-5-2-1-3-6-16)22(31)21(30)19(15-29)33-20/h1-7,12-14,19-22,29-32H,15H2/t19-,20-,21-,22+,24-/m1/s1. The van der Waals surface area contributed by atoms with E-state index in [1.165, 1.54) is 10.9 Å². The minimum atomic E-state index is -2.21.